The van der Waals surface area contributed by atoms with Crippen LogP contribution in [0.4, 0.5) is 5.69 Å². The van der Waals surface area contributed by atoms with Crippen molar-refractivity contribution in [3.05, 3.63) is 77.9 Å². The van der Waals surface area contributed by atoms with E-state index in [4.69, 9.17) is 21.9 Å². The number of carbonyl (C=O) groups excluding carboxylic acids is 1. The molecule has 5 nitrogen and oxygen atoms in total. The van der Waals surface area contributed by atoms with Gasteiger partial charge in [0.15, 0.2) is 5.11 Å². The van der Waals surface area contributed by atoms with Crippen molar-refractivity contribution >= 4 is 50.5 Å². The van der Waals surface area contributed by atoms with Gasteiger partial charge in [-0.15, -0.1) is 11.3 Å². The molecule has 156 valence electrons. The molecule has 1 aromatic heterocycles. The number of thiazole rings is 1. The lowest BCUT2D eigenvalue weighted by Gasteiger charge is -2.14. The van der Waals surface area contributed by atoms with Crippen LogP contribution in [0.2, 0.25) is 0 Å². The fourth-order valence-electron chi connectivity index (χ4n) is 3.21. The Hall–Kier alpha value is -3.29. The monoisotopic (exact) mass is 447 g/mol. The third kappa shape index (κ3) is 4.73. The molecule has 0 aliphatic rings. The minimum atomic E-state index is -0.293. The number of rotatable bonds is 5. The Morgan fingerprint density at radius 2 is 1.90 bits per heavy atom. The molecule has 1 heterocycles. The number of carbonyl (C=O) groups is 1. The molecule has 0 saturated heterocycles. The predicted octanol–water partition coefficient (Wildman–Crippen LogP) is 5.80. The first kappa shape index (κ1) is 21.0. The van der Waals surface area contributed by atoms with E-state index in [2.05, 4.69) is 16.7 Å². The molecule has 0 aliphatic heterocycles. The molecule has 0 fully saturated rings. The number of thiocarbonyl (C=S) groups is 1. The number of nitrogens with zero attached hydrogens (tertiary/aromatic N) is 1. The maximum Gasteiger partial charge on any atom is 0.257 e. The van der Waals surface area contributed by atoms with Gasteiger partial charge in [0.05, 0.1) is 16.8 Å². The fourth-order valence-corrected chi connectivity index (χ4v) is 4.46. The lowest BCUT2D eigenvalue weighted by molar-refractivity contribution is 0.0977. The van der Waals surface area contributed by atoms with Gasteiger partial charge < -0.3 is 10.1 Å². The van der Waals surface area contributed by atoms with Crippen LogP contribution < -0.4 is 15.4 Å². The summed E-state index contributed by atoms with van der Waals surface area (Å²) < 4.78 is 6.60. The molecule has 0 saturated carbocycles. The number of ether oxygens (including phenoxy) is 1. The van der Waals surface area contributed by atoms with E-state index in [1.165, 1.54) is 0 Å². The zero-order chi connectivity index (χ0) is 21.8. The van der Waals surface area contributed by atoms with Crippen LogP contribution in [0, 0.1) is 6.92 Å². The minimum absolute atomic E-state index is 0.233. The van der Waals surface area contributed by atoms with E-state index in [0.717, 1.165) is 32.0 Å². The molecule has 3 aromatic carbocycles. The highest BCUT2D eigenvalue weighted by Gasteiger charge is 2.13. The van der Waals surface area contributed by atoms with Crippen molar-refractivity contribution in [3.8, 4) is 16.3 Å². The molecular formula is C24H21N3O2S2. The summed E-state index contributed by atoms with van der Waals surface area (Å²) >= 11 is 7.03. The topological polar surface area (TPSA) is 63.2 Å². The number of hydrogen-bond acceptors (Lipinski definition) is 5. The highest BCUT2D eigenvalue weighted by molar-refractivity contribution is 7.80. The number of nitrogens with one attached hydrogen (secondary N) is 2. The van der Waals surface area contributed by atoms with Gasteiger partial charge in [-0.1, -0.05) is 30.3 Å². The van der Waals surface area contributed by atoms with Crippen LogP contribution in [0.5, 0.6) is 5.75 Å². The Bertz CT molecular complexity index is 1230. The van der Waals surface area contributed by atoms with E-state index < -0.39 is 0 Å². The Kier molecular flexibility index (Phi) is 6.25. The zero-order valence-corrected chi connectivity index (χ0v) is 18.8. The summed E-state index contributed by atoms with van der Waals surface area (Å²) in [5, 5.41) is 7.06. The first-order valence-corrected chi connectivity index (χ1v) is 11.1. The van der Waals surface area contributed by atoms with Gasteiger partial charge in [0.2, 0.25) is 0 Å². The SMILES string of the molecule is CCOc1cccc(C(=O)NC(=S)Nc2cccc(-c3nc4ccccc4s3)c2C)c1. The van der Waals surface area contributed by atoms with E-state index in [-0.39, 0.29) is 11.0 Å². The Morgan fingerprint density at radius 3 is 2.71 bits per heavy atom. The van der Waals surface area contributed by atoms with E-state index in [1.54, 1.807) is 29.5 Å². The molecule has 0 unspecified atom stereocenters. The molecule has 4 rings (SSSR count). The quantitative estimate of drug-likeness (QED) is 0.379. The molecule has 0 atom stereocenters. The number of anilines is 1. The molecule has 4 aromatic rings. The summed E-state index contributed by atoms with van der Waals surface area (Å²) in [7, 11) is 0. The van der Waals surface area contributed by atoms with Gasteiger partial charge in [-0.2, -0.15) is 0 Å². The van der Waals surface area contributed by atoms with E-state index in [1.807, 2.05) is 56.3 Å². The number of benzene rings is 3. The van der Waals surface area contributed by atoms with Crippen molar-refractivity contribution in [2.75, 3.05) is 11.9 Å². The zero-order valence-electron chi connectivity index (χ0n) is 17.1. The maximum absolute atomic E-state index is 12.6. The third-order valence-electron chi connectivity index (χ3n) is 4.74. The van der Waals surface area contributed by atoms with Crippen molar-refractivity contribution < 1.29 is 9.53 Å². The van der Waals surface area contributed by atoms with Gasteiger partial charge in [0, 0.05) is 16.8 Å². The van der Waals surface area contributed by atoms with Crippen LogP contribution in [-0.2, 0) is 0 Å². The van der Waals surface area contributed by atoms with E-state index in [0.29, 0.717) is 17.9 Å². The second kappa shape index (κ2) is 9.24. The Labute approximate surface area is 190 Å². The van der Waals surface area contributed by atoms with Gasteiger partial charge in [-0.05, 0) is 68.0 Å². The molecule has 0 spiro atoms. The average Bonchev–Trinajstić information content (AvgIpc) is 3.19. The number of fused-ring (bicyclic) bond motifs is 1. The van der Waals surface area contributed by atoms with Crippen molar-refractivity contribution in [1.82, 2.24) is 10.3 Å². The first-order valence-electron chi connectivity index (χ1n) is 9.86. The molecule has 0 bridgehead atoms. The normalized spacial score (nSPS) is 10.6. The van der Waals surface area contributed by atoms with Crippen molar-refractivity contribution in [3.63, 3.8) is 0 Å². The molecular weight excluding hydrogens is 426 g/mol. The number of amides is 1. The minimum Gasteiger partial charge on any atom is -0.494 e. The van der Waals surface area contributed by atoms with Gasteiger partial charge in [-0.3, -0.25) is 10.1 Å². The highest BCUT2D eigenvalue weighted by atomic mass is 32.1. The maximum atomic E-state index is 12.6. The molecule has 2 N–H and O–H groups in total. The summed E-state index contributed by atoms with van der Waals surface area (Å²) in [5.74, 6) is 0.354. The second-order valence-corrected chi connectivity index (χ2v) is 8.27. The lowest BCUT2D eigenvalue weighted by Crippen LogP contribution is -2.34. The molecule has 0 aliphatic carbocycles. The van der Waals surface area contributed by atoms with Crippen molar-refractivity contribution in [1.29, 1.82) is 0 Å². The highest BCUT2D eigenvalue weighted by Crippen LogP contribution is 2.34. The first-order chi connectivity index (χ1) is 15.0. The summed E-state index contributed by atoms with van der Waals surface area (Å²) in [6.07, 6.45) is 0. The van der Waals surface area contributed by atoms with Gasteiger partial charge in [-0.25, -0.2) is 4.98 Å². The predicted molar refractivity (Wildman–Crippen MR) is 131 cm³/mol. The van der Waals surface area contributed by atoms with Crippen LogP contribution >= 0.6 is 23.6 Å². The van der Waals surface area contributed by atoms with Crippen LogP contribution in [0.1, 0.15) is 22.8 Å². The third-order valence-corrected chi connectivity index (χ3v) is 6.01. The van der Waals surface area contributed by atoms with Gasteiger partial charge in [0.1, 0.15) is 10.8 Å². The summed E-state index contributed by atoms with van der Waals surface area (Å²) in [6, 6.07) is 21.0. The summed E-state index contributed by atoms with van der Waals surface area (Å²) in [5.41, 5.74) is 4.33. The van der Waals surface area contributed by atoms with Crippen LogP contribution in [0.25, 0.3) is 20.8 Å². The molecule has 1 amide bonds. The Morgan fingerprint density at radius 1 is 1.10 bits per heavy atom. The summed E-state index contributed by atoms with van der Waals surface area (Å²) in [4.78, 5) is 17.3. The number of aromatic nitrogens is 1. The molecule has 31 heavy (non-hydrogen) atoms. The van der Waals surface area contributed by atoms with Gasteiger partial charge in [0.25, 0.3) is 5.91 Å². The standard InChI is InChI=1S/C24H21N3O2S2/c1-3-29-17-9-6-8-16(14-17)22(28)27-24(30)26-19-12-7-10-18(15(19)2)23-25-20-11-4-5-13-21(20)31-23/h4-14H,3H2,1-2H3,(H2,26,27,28,30). The van der Waals surface area contributed by atoms with Crippen molar-refractivity contribution in [2.45, 2.75) is 13.8 Å². The van der Waals surface area contributed by atoms with Gasteiger partial charge >= 0.3 is 0 Å². The van der Waals surface area contributed by atoms with Crippen molar-refractivity contribution in [2.24, 2.45) is 0 Å². The fraction of sp³-hybridized carbons (Fsp3) is 0.125. The molecule has 0 radical (unpaired) electrons. The van der Waals surface area contributed by atoms with Crippen LogP contribution in [0.15, 0.2) is 66.7 Å². The van der Waals surface area contributed by atoms with Crippen LogP contribution in [0.3, 0.4) is 0 Å². The number of para-hydroxylation sites is 1. The smallest absolute Gasteiger partial charge is 0.257 e. The lowest BCUT2D eigenvalue weighted by atomic mass is 10.1. The largest absolute Gasteiger partial charge is 0.494 e. The molecule has 7 heteroatoms. The van der Waals surface area contributed by atoms with E-state index in [9.17, 15) is 4.79 Å². The Balaban J connectivity index is 1.50. The average molecular weight is 448 g/mol. The summed E-state index contributed by atoms with van der Waals surface area (Å²) in [6.45, 7) is 4.45. The van der Waals surface area contributed by atoms with E-state index >= 15 is 0 Å². The number of hydrogen-bond donors (Lipinski definition) is 2. The van der Waals surface area contributed by atoms with Crippen LogP contribution in [-0.4, -0.2) is 22.6 Å². The second-order valence-electron chi connectivity index (χ2n) is 6.83.